The van der Waals surface area contributed by atoms with Crippen LogP contribution in [0, 0.1) is 13.8 Å². The molecule has 0 fully saturated rings. The third-order valence-corrected chi connectivity index (χ3v) is 3.83. The molecule has 1 unspecified atom stereocenters. The Morgan fingerprint density at radius 2 is 2.00 bits per heavy atom. The second-order valence-electron chi connectivity index (χ2n) is 4.92. The van der Waals surface area contributed by atoms with Crippen molar-refractivity contribution < 1.29 is 0 Å². The summed E-state index contributed by atoms with van der Waals surface area (Å²) in [5.41, 5.74) is 11.7. The first kappa shape index (κ1) is 11.6. The molecule has 0 spiro atoms. The normalized spacial score (nSPS) is 20.9. The van der Waals surface area contributed by atoms with Gasteiger partial charge in [-0.15, -0.1) is 0 Å². The zero-order valence-electron chi connectivity index (χ0n) is 10.6. The van der Waals surface area contributed by atoms with Crippen LogP contribution in [0.1, 0.15) is 34.7 Å². The number of hydrogen-bond acceptors (Lipinski definition) is 2. The first-order valence-corrected chi connectivity index (χ1v) is 6.14. The Morgan fingerprint density at radius 3 is 2.69 bits per heavy atom. The maximum Gasteiger partial charge on any atom is 0.0362 e. The van der Waals surface area contributed by atoms with Crippen molar-refractivity contribution in [2.45, 2.75) is 32.7 Å². The number of fused-ring (bicyclic) bond motifs is 1. The molecule has 2 heteroatoms. The second kappa shape index (κ2) is 4.56. The van der Waals surface area contributed by atoms with Crippen molar-refractivity contribution in [3.63, 3.8) is 0 Å². The summed E-state index contributed by atoms with van der Waals surface area (Å²) < 4.78 is 0. The van der Waals surface area contributed by atoms with E-state index in [0.29, 0.717) is 6.04 Å². The number of rotatable bonds is 2. The predicted octanol–water partition coefficient (Wildman–Crippen LogP) is 2.18. The summed E-state index contributed by atoms with van der Waals surface area (Å²) in [5, 5.41) is 0. The van der Waals surface area contributed by atoms with Gasteiger partial charge in [-0.05, 0) is 62.5 Å². The zero-order valence-corrected chi connectivity index (χ0v) is 10.6. The van der Waals surface area contributed by atoms with Crippen LogP contribution in [-0.4, -0.2) is 25.0 Å². The molecule has 2 N–H and O–H groups in total. The van der Waals surface area contributed by atoms with Gasteiger partial charge in [-0.25, -0.2) is 0 Å². The molecule has 0 amide bonds. The number of nitrogens with zero attached hydrogens (tertiary/aromatic N) is 1. The van der Waals surface area contributed by atoms with Crippen molar-refractivity contribution in [3.05, 3.63) is 34.4 Å². The van der Waals surface area contributed by atoms with E-state index in [2.05, 4.69) is 37.9 Å². The monoisotopic (exact) mass is 218 g/mol. The van der Waals surface area contributed by atoms with Gasteiger partial charge in [-0.3, -0.25) is 4.90 Å². The van der Waals surface area contributed by atoms with E-state index in [-0.39, 0.29) is 0 Å². The van der Waals surface area contributed by atoms with Crippen LogP contribution in [0.15, 0.2) is 12.1 Å². The van der Waals surface area contributed by atoms with Crippen LogP contribution < -0.4 is 5.73 Å². The standard InChI is InChI=1S/C14H22N2/c1-10-4-5-11(2)14-12(10)7-9-16(3)13(14)6-8-15/h4-5,13H,6-9,15H2,1-3H3. The molecule has 0 radical (unpaired) electrons. The predicted molar refractivity (Wildman–Crippen MR) is 68.7 cm³/mol. The molecule has 1 aromatic rings. The largest absolute Gasteiger partial charge is 0.330 e. The third kappa shape index (κ3) is 1.87. The summed E-state index contributed by atoms with van der Waals surface area (Å²) in [6.07, 6.45) is 2.24. The van der Waals surface area contributed by atoms with Crippen LogP contribution >= 0.6 is 0 Å². The van der Waals surface area contributed by atoms with Gasteiger partial charge in [-0.1, -0.05) is 12.1 Å². The lowest BCUT2D eigenvalue weighted by atomic mass is 9.85. The summed E-state index contributed by atoms with van der Waals surface area (Å²) in [6, 6.07) is 5.02. The molecular weight excluding hydrogens is 196 g/mol. The lowest BCUT2D eigenvalue weighted by Crippen LogP contribution is -2.34. The van der Waals surface area contributed by atoms with E-state index in [0.717, 1.165) is 19.5 Å². The molecule has 16 heavy (non-hydrogen) atoms. The fourth-order valence-electron chi connectivity index (χ4n) is 2.87. The Kier molecular flexibility index (Phi) is 3.31. The summed E-state index contributed by atoms with van der Waals surface area (Å²) in [7, 11) is 2.21. The van der Waals surface area contributed by atoms with Gasteiger partial charge < -0.3 is 5.73 Å². The SMILES string of the molecule is Cc1ccc(C)c2c1CCN(C)C2CCN. The fourth-order valence-corrected chi connectivity index (χ4v) is 2.87. The van der Waals surface area contributed by atoms with Crippen LogP contribution in [-0.2, 0) is 6.42 Å². The number of aryl methyl sites for hydroxylation is 2. The van der Waals surface area contributed by atoms with Gasteiger partial charge in [0.2, 0.25) is 0 Å². The highest BCUT2D eigenvalue weighted by Gasteiger charge is 2.26. The highest BCUT2D eigenvalue weighted by Crippen LogP contribution is 2.34. The molecule has 1 aliphatic rings. The van der Waals surface area contributed by atoms with Crippen molar-refractivity contribution in [1.82, 2.24) is 4.90 Å². The number of benzene rings is 1. The van der Waals surface area contributed by atoms with Gasteiger partial charge >= 0.3 is 0 Å². The lowest BCUT2D eigenvalue weighted by molar-refractivity contribution is 0.220. The van der Waals surface area contributed by atoms with Crippen molar-refractivity contribution in [3.8, 4) is 0 Å². The third-order valence-electron chi connectivity index (χ3n) is 3.83. The summed E-state index contributed by atoms with van der Waals surface area (Å²) in [4.78, 5) is 2.45. The van der Waals surface area contributed by atoms with Crippen molar-refractivity contribution in [2.24, 2.45) is 5.73 Å². The van der Waals surface area contributed by atoms with E-state index >= 15 is 0 Å². The second-order valence-corrected chi connectivity index (χ2v) is 4.92. The molecule has 2 nitrogen and oxygen atoms in total. The maximum atomic E-state index is 5.74. The average Bonchev–Trinajstić information content (AvgIpc) is 2.27. The van der Waals surface area contributed by atoms with E-state index < -0.39 is 0 Å². The average molecular weight is 218 g/mol. The van der Waals surface area contributed by atoms with Gasteiger partial charge in [0, 0.05) is 12.6 Å². The summed E-state index contributed by atoms with van der Waals surface area (Å²) in [5.74, 6) is 0. The Bertz CT molecular complexity index is 385. The molecule has 0 aliphatic carbocycles. The van der Waals surface area contributed by atoms with Crippen LogP contribution in [0.2, 0.25) is 0 Å². The Morgan fingerprint density at radius 1 is 1.31 bits per heavy atom. The smallest absolute Gasteiger partial charge is 0.0362 e. The first-order valence-electron chi connectivity index (χ1n) is 6.14. The molecule has 1 heterocycles. The van der Waals surface area contributed by atoms with Gasteiger partial charge in [0.1, 0.15) is 0 Å². The van der Waals surface area contributed by atoms with Gasteiger partial charge in [0.15, 0.2) is 0 Å². The Labute approximate surface area is 98.4 Å². The van der Waals surface area contributed by atoms with Crippen LogP contribution in [0.3, 0.4) is 0 Å². The van der Waals surface area contributed by atoms with Crippen LogP contribution in [0.4, 0.5) is 0 Å². The van der Waals surface area contributed by atoms with Crippen molar-refractivity contribution in [2.75, 3.05) is 20.1 Å². The Balaban J connectivity index is 2.49. The minimum absolute atomic E-state index is 0.522. The van der Waals surface area contributed by atoms with Crippen molar-refractivity contribution >= 4 is 0 Å². The van der Waals surface area contributed by atoms with Gasteiger partial charge in [0.05, 0.1) is 0 Å². The van der Waals surface area contributed by atoms with Gasteiger partial charge in [0.25, 0.3) is 0 Å². The molecule has 1 aromatic carbocycles. The highest BCUT2D eigenvalue weighted by atomic mass is 15.1. The fraction of sp³-hybridized carbons (Fsp3) is 0.571. The summed E-state index contributed by atoms with van der Waals surface area (Å²) >= 11 is 0. The molecule has 88 valence electrons. The molecule has 2 rings (SSSR count). The van der Waals surface area contributed by atoms with E-state index in [4.69, 9.17) is 5.73 Å². The number of likely N-dealkylation sites (N-methyl/N-ethyl adjacent to an activating group) is 1. The van der Waals surface area contributed by atoms with E-state index in [9.17, 15) is 0 Å². The number of hydrogen-bond donors (Lipinski definition) is 1. The first-order chi connectivity index (χ1) is 7.65. The molecule has 1 atom stereocenters. The molecule has 0 bridgehead atoms. The quantitative estimate of drug-likeness (QED) is 0.824. The maximum absolute atomic E-state index is 5.74. The molecule has 0 aromatic heterocycles. The van der Waals surface area contributed by atoms with Crippen molar-refractivity contribution in [1.29, 1.82) is 0 Å². The van der Waals surface area contributed by atoms with Gasteiger partial charge in [-0.2, -0.15) is 0 Å². The van der Waals surface area contributed by atoms with Crippen LogP contribution in [0.25, 0.3) is 0 Å². The minimum atomic E-state index is 0.522. The topological polar surface area (TPSA) is 29.3 Å². The molecule has 0 saturated carbocycles. The summed E-state index contributed by atoms with van der Waals surface area (Å²) in [6.45, 7) is 6.37. The molecular formula is C14H22N2. The van der Waals surface area contributed by atoms with E-state index in [1.165, 1.54) is 17.5 Å². The number of nitrogens with two attached hydrogens (primary N) is 1. The molecule has 0 saturated heterocycles. The zero-order chi connectivity index (χ0) is 11.7. The van der Waals surface area contributed by atoms with E-state index in [1.807, 2.05) is 0 Å². The highest BCUT2D eigenvalue weighted by molar-refractivity contribution is 5.43. The minimum Gasteiger partial charge on any atom is -0.330 e. The molecule has 1 aliphatic heterocycles. The van der Waals surface area contributed by atoms with E-state index in [1.54, 1.807) is 11.1 Å². The Hall–Kier alpha value is -0.860. The van der Waals surface area contributed by atoms with Crippen LogP contribution in [0.5, 0.6) is 0 Å². The lowest BCUT2D eigenvalue weighted by Gasteiger charge is -2.36.